The highest BCUT2D eigenvalue weighted by Crippen LogP contribution is 2.29. The van der Waals surface area contributed by atoms with Crippen LogP contribution in [0, 0.1) is 5.82 Å². The van der Waals surface area contributed by atoms with Gasteiger partial charge < -0.3 is 0 Å². The van der Waals surface area contributed by atoms with Crippen molar-refractivity contribution >= 4 is 15.6 Å². The number of hydrogen-bond acceptors (Lipinski definition) is 3. The minimum absolute atomic E-state index is 0.0926. The van der Waals surface area contributed by atoms with Crippen LogP contribution in [-0.4, -0.2) is 14.2 Å². The van der Waals surface area contributed by atoms with Crippen molar-refractivity contribution in [1.82, 2.24) is 0 Å². The van der Waals surface area contributed by atoms with E-state index in [0.29, 0.717) is 11.1 Å². The molecule has 0 N–H and O–H groups in total. The second kappa shape index (κ2) is 3.99. The quantitative estimate of drug-likeness (QED) is 0.694. The first-order valence-electron chi connectivity index (χ1n) is 5.64. The van der Waals surface area contributed by atoms with Gasteiger partial charge in [-0.3, -0.25) is 4.79 Å². The molecule has 0 amide bonds. The zero-order valence-electron chi connectivity index (χ0n) is 9.76. The van der Waals surface area contributed by atoms with E-state index in [4.69, 9.17) is 0 Å². The number of benzene rings is 2. The standard InChI is InChI=1S/C14H9FO3S/c15-10-5-6-13-12(7-10)14(16)11-4-2-1-3-9(11)8-19(13,17)18/h1-7H,8H2. The fraction of sp³-hybridized carbons (Fsp3) is 0.0714. The molecule has 1 aliphatic rings. The summed E-state index contributed by atoms with van der Waals surface area (Å²) in [4.78, 5) is 12.2. The monoisotopic (exact) mass is 276 g/mol. The smallest absolute Gasteiger partial charge is 0.194 e. The Morgan fingerprint density at radius 1 is 1.00 bits per heavy atom. The molecule has 0 aromatic heterocycles. The second-order valence-corrected chi connectivity index (χ2v) is 6.34. The van der Waals surface area contributed by atoms with Gasteiger partial charge in [0.05, 0.1) is 10.6 Å². The Morgan fingerprint density at radius 3 is 2.53 bits per heavy atom. The average Bonchev–Trinajstić information content (AvgIpc) is 2.44. The summed E-state index contributed by atoms with van der Waals surface area (Å²) in [5, 5.41) is 0. The molecule has 0 saturated carbocycles. The van der Waals surface area contributed by atoms with Crippen LogP contribution in [0.3, 0.4) is 0 Å². The summed E-state index contributed by atoms with van der Waals surface area (Å²) in [6.45, 7) is 0. The van der Waals surface area contributed by atoms with Crippen molar-refractivity contribution in [1.29, 1.82) is 0 Å². The molecule has 0 bridgehead atoms. The van der Waals surface area contributed by atoms with Crippen LogP contribution in [-0.2, 0) is 15.6 Å². The van der Waals surface area contributed by atoms with Gasteiger partial charge in [0, 0.05) is 11.1 Å². The highest BCUT2D eigenvalue weighted by molar-refractivity contribution is 7.90. The fourth-order valence-corrected chi connectivity index (χ4v) is 3.82. The third-order valence-corrected chi connectivity index (χ3v) is 4.85. The van der Waals surface area contributed by atoms with Gasteiger partial charge in [0.1, 0.15) is 5.82 Å². The van der Waals surface area contributed by atoms with E-state index in [2.05, 4.69) is 0 Å². The summed E-state index contributed by atoms with van der Waals surface area (Å²) in [7, 11) is -3.63. The molecule has 1 aliphatic heterocycles. The largest absolute Gasteiger partial charge is 0.289 e. The van der Waals surface area contributed by atoms with Crippen LogP contribution in [0.25, 0.3) is 0 Å². The van der Waals surface area contributed by atoms with Crippen LogP contribution >= 0.6 is 0 Å². The first-order valence-corrected chi connectivity index (χ1v) is 7.29. The van der Waals surface area contributed by atoms with Crippen molar-refractivity contribution in [3.8, 4) is 0 Å². The number of carbonyl (C=O) groups is 1. The summed E-state index contributed by atoms with van der Waals surface area (Å²) in [5.41, 5.74) is 0.671. The van der Waals surface area contributed by atoms with E-state index >= 15 is 0 Å². The molecular formula is C14H9FO3S. The molecule has 0 spiro atoms. The summed E-state index contributed by atoms with van der Waals surface area (Å²) in [6.07, 6.45) is 0. The Kier molecular flexibility index (Phi) is 2.53. The molecule has 19 heavy (non-hydrogen) atoms. The van der Waals surface area contributed by atoms with E-state index in [1.165, 1.54) is 0 Å². The van der Waals surface area contributed by atoms with Crippen molar-refractivity contribution in [2.45, 2.75) is 10.6 Å². The summed E-state index contributed by atoms with van der Waals surface area (Å²) < 4.78 is 37.8. The molecule has 1 heterocycles. The van der Waals surface area contributed by atoms with Gasteiger partial charge in [-0.1, -0.05) is 24.3 Å². The SMILES string of the molecule is O=C1c2ccccc2CS(=O)(=O)c2ccc(F)cc21. The van der Waals surface area contributed by atoms with Gasteiger partial charge in [0.25, 0.3) is 0 Å². The van der Waals surface area contributed by atoms with Gasteiger partial charge in [-0.05, 0) is 23.8 Å². The molecule has 0 fully saturated rings. The van der Waals surface area contributed by atoms with Crippen LogP contribution in [0.15, 0.2) is 47.4 Å². The van der Waals surface area contributed by atoms with Crippen molar-refractivity contribution in [2.24, 2.45) is 0 Å². The predicted octanol–water partition coefficient (Wildman–Crippen LogP) is 2.34. The van der Waals surface area contributed by atoms with Crippen molar-refractivity contribution in [3.05, 3.63) is 65.0 Å². The predicted molar refractivity (Wildman–Crippen MR) is 67.2 cm³/mol. The number of fused-ring (bicyclic) bond motifs is 2. The maximum Gasteiger partial charge on any atom is 0.194 e. The third kappa shape index (κ3) is 1.86. The molecule has 96 valence electrons. The maximum absolute atomic E-state index is 13.3. The molecule has 3 rings (SSSR count). The molecule has 2 aromatic carbocycles. The first kappa shape index (κ1) is 12.0. The highest BCUT2D eigenvalue weighted by Gasteiger charge is 2.30. The van der Waals surface area contributed by atoms with E-state index in [-0.39, 0.29) is 16.2 Å². The van der Waals surface area contributed by atoms with Gasteiger partial charge in [-0.2, -0.15) is 0 Å². The van der Waals surface area contributed by atoms with E-state index in [0.717, 1.165) is 18.2 Å². The first-order chi connectivity index (χ1) is 8.99. The van der Waals surface area contributed by atoms with Gasteiger partial charge >= 0.3 is 0 Å². The molecule has 2 aromatic rings. The van der Waals surface area contributed by atoms with Crippen LogP contribution in [0.4, 0.5) is 4.39 Å². The fourth-order valence-electron chi connectivity index (χ4n) is 2.25. The van der Waals surface area contributed by atoms with Gasteiger partial charge in [-0.25, -0.2) is 12.8 Å². The van der Waals surface area contributed by atoms with Crippen LogP contribution in [0.2, 0.25) is 0 Å². The number of ketones is 1. The van der Waals surface area contributed by atoms with Crippen LogP contribution in [0.1, 0.15) is 21.5 Å². The molecule has 0 aliphatic carbocycles. The van der Waals surface area contributed by atoms with Gasteiger partial charge in [-0.15, -0.1) is 0 Å². The van der Waals surface area contributed by atoms with Gasteiger partial charge in [0.15, 0.2) is 15.6 Å². The number of rotatable bonds is 0. The van der Waals surface area contributed by atoms with E-state index in [1.807, 2.05) is 0 Å². The van der Waals surface area contributed by atoms with Crippen LogP contribution < -0.4 is 0 Å². The number of carbonyl (C=O) groups excluding carboxylic acids is 1. The molecule has 0 saturated heterocycles. The number of hydrogen-bond donors (Lipinski definition) is 0. The van der Waals surface area contributed by atoms with E-state index in [9.17, 15) is 17.6 Å². The Morgan fingerprint density at radius 2 is 1.74 bits per heavy atom. The minimum Gasteiger partial charge on any atom is -0.289 e. The highest BCUT2D eigenvalue weighted by atomic mass is 32.2. The lowest BCUT2D eigenvalue weighted by Gasteiger charge is -2.04. The molecule has 0 unspecified atom stereocenters. The van der Waals surface area contributed by atoms with Gasteiger partial charge in [0.2, 0.25) is 0 Å². The van der Waals surface area contributed by atoms with Crippen molar-refractivity contribution in [2.75, 3.05) is 0 Å². The normalized spacial score (nSPS) is 16.4. The zero-order chi connectivity index (χ0) is 13.6. The van der Waals surface area contributed by atoms with E-state index < -0.39 is 21.4 Å². The Labute approximate surface area is 109 Å². The van der Waals surface area contributed by atoms with Crippen molar-refractivity contribution in [3.63, 3.8) is 0 Å². The Balaban J connectivity index is 2.39. The topological polar surface area (TPSA) is 51.2 Å². The maximum atomic E-state index is 13.3. The Bertz CT molecular complexity index is 794. The summed E-state index contributed by atoms with van der Waals surface area (Å²) >= 11 is 0. The summed E-state index contributed by atoms with van der Waals surface area (Å²) in [5.74, 6) is -1.32. The molecule has 5 heteroatoms. The lowest BCUT2D eigenvalue weighted by Crippen LogP contribution is -2.06. The zero-order valence-corrected chi connectivity index (χ0v) is 10.6. The molecular weight excluding hydrogens is 267 g/mol. The third-order valence-electron chi connectivity index (χ3n) is 3.13. The minimum atomic E-state index is -3.63. The number of halogens is 1. The average molecular weight is 276 g/mol. The van der Waals surface area contributed by atoms with E-state index in [1.54, 1.807) is 24.3 Å². The van der Waals surface area contributed by atoms with Crippen LogP contribution in [0.5, 0.6) is 0 Å². The molecule has 3 nitrogen and oxygen atoms in total. The summed E-state index contributed by atoms with van der Waals surface area (Å²) in [6, 6.07) is 9.70. The molecule has 0 radical (unpaired) electrons. The lowest BCUT2D eigenvalue weighted by atomic mass is 9.99. The molecule has 0 atom stereocenters. The second-order valence-electron chi connectivity index (χ2n) is 4.39. The number of sulfone groups is 1. The van der Waals surface area contributed by atoms with Crippen molar-refractivity contribution < 1.29 is 17.6 Å². The lowest BCUT2D eigenvalue weighted by molar-refractivity contribution is 0.103. The Hall–Kier alpha value is -2.01.